The molecule has 0 bridgehead atoms. The summed E-state index contributed by atoms with van der Waals surface area (Å²) in [5, 5.41) is 2.68. The molecule has 0 radical (unpaired) electrons. The summed E-state index contributed by atoms with van der Waals surface area (Å²) in [6.45, 7) is 6.38. The zero-order valence-corrected chi connectivity index (χ0v) is 11.7. The minimum absolute atomic E-state index is 0.139. The number of aryl methyl sites for hydroxylation is 1. The van der Waals surface area contributed by atoms with E-state index in [-0.39, 0.29) is 11.9 Å². The van der Waals surface area contributed by atoms with E-state index in [0.29, 0.717) is 19.4 Å². The maximum atomic E-state index is 11.7. The number of amides is 1. The van der Waals surface area contributed by atoms with Gasteiger partial charge in [0, 0.05) is 6.42 Å². The molecule has 1 aliphatic heterocycles. The Bertz CT molecular complexity index is 443. The SMILES string of the molecule is CC.Cc1cccc(CC(=O)NC2CCOC2=O)c1. The Morgan fingerprint density at radius 1 is 1.42 bits per heavy atom. The fourth-order valence-corrected chi connectivity index (χ4v) is 1.88. The van der Waals surface area contributed by atoms with Crippen LogP contribution in [0.3, 0.4) is 0 Å². The highest BCUT2D eigenvalue weighted by molar-refractivity contribution is 5.86. The number of benzene rings is 1. The van der Waals surface area contributed by atoms with Crippen LogP contribution in [0.15, 0.2) is 24.3 Å². The molecule has 1 aromatic carbocycles. The second kappa shape index (κ2) is 7.56. The van der Waals surface area contributed by atoms with Gasteiger partial charge >= 0.3 is 5.97 Å². The van der Waals surface area contributed by atoms with Crippen molar-refractivity contribution in [2.24, 2.45) is 0 Å². The predicted molar refractivity (Wildman–Crippen MR) is 73.7 cm³/mol. The fraction of sp³-hybridized carbons (Fsp3) is 0.467. The van der Waals surface area contributed by atoms with Gasteiger partial charge in [-0.1, -0.05) is 43.7 Å². The molecule has 104 valence electrons. The quantitative estimate of drug-likeness (QED) is 0.849. The summed E-state index contributed by atoms with van der Waals surface area (Å²) in [5.41, 5.74) is 2.07. The van der Waals surface area contributed by atoms with E-state index < -0.39 is 6.04 Å². The van der Waals surface area contributed by atoms with Gasteiger partial charge in [-0.25, -0.2) is 4.79 Å². The van der Waals surface area contributed by atoms with E-state index in [1.54, 1.807) is 0 Å². The van der Waals surface area contributed by atoms with Gasteiger partial charge in [-0.15, -0.1) is 0 Å². The van der Waals surface area contributed by atoms with E-state index in [4.69, 9.17) is 4.74 Å². The first kappa shape index (κ1) is 15.2. The largest absolute Gasteiger partial charge is 0.464 e. The maximum Gasteiger partial charge on any atom is 0.328 e. The third-order valence-electron chi connectivity index (χ3n) is 2.72. The van der Waals surface area contributed by atoms with Gasteiger partial charge in [0.25, 0.3) is 0 Å². The highest BCUT2D eigenvalue weighted by Gasteiger charge is 2.27. The summed E-state index contributed by atoms with van der Waals surface area (Å²) < 4.78 is 4.78. The average molecular weight is 263 g/mol. The van der Waals surface area contributed by atoms with Crippen LogP contribution in [0.25, 0.3) is 0 Å². The number of carbonyl (C=O) groups is 2. The summed E-state index contributed by atoms with van der Waals surface area (Å²) in [5.74, 6) is -0.470. The molecule has 1 aromatic rings. The number of cyclic esters (lactones) is 1. The first-order valence-electron chi connectivity index (χ1n) is 6.67. The van der Waals surface area contributed by atoms with Gasteiger partial charge in [-0.3, -0.25) is 4.79 Å². The molecule has 0 aromatic heterocycles. The van der Waals surface area contributed by atoms with Crippen molar-refractivity contribution in [2.45, 2.75) is 39.7 Å². The van der Waals surface area contributed by atoms with Crippen molar-refractivity contribution in [3.05, 3.63) is 35.4 Å². The molecular weight excluding hydrogens is 242 g/mol. The van der Waals surface area contributed by atoms with Crippen LogP contribution in [0.2, 0.25) is 0 Å². The van der Waals surface area contributed by atoms with Crippen LogP contribution >= 0.6 is 0 Å². The van der Waals surface area contributed by atoms with Crippen LogP contribution in [0.1, 0.15) is 31.4 Å². The molecule has 4 heteroatoms. The fourth-order valence-electron chi connectivity index (χ4n) is 1.88. The van der Waals surface area contributed by atoms with Gasteiger partial charge in [0.1, 0.15) is 6.04 Å². The minimum Gasteiger partial charge on any atom is -0.464 e. The lowest BCUT2D eigenvalue weighted by atomic mass is 10.1. The van der Waals surface area contributed by atoms with Gasteiger partial charge in [0.05, 0.1) is 13.0 Å². The molecule has 1 atom stereocenters. The van der Waals surface area contributed by atoms with Gasteiger partial charge < -0.3 is 10.1 Å². The highest BCUT2D eigenvalue weighted by Crippen LogP contribution is 2.08. The molecule has 1 heterocycles. The standard InChI is InChI=1S/C13H15NO3.C2H6/c1-9-3-2-4-10(7-9)8-12(15)14-11-5-6-17-13(11)16;1-2/h2-4,7,11H,5-6,8H2,1H3,(H,14,15);1-2H3. The summed E-state index contributed by atoms with van der Waals surface area (Å²) in [6.07, 6.45) is 0.865. The smallest absolute Gasteiger partial charge is 0.328 e. The van der Waals surface area contributed by atoms with Crippen LogP contribution in [0.5, 0.6) is 0 Å². The highest BCUT2D eigenvalue weighted by atomic mass is 16.5. The van der Waals surface area contributed by atoms with E-state index in [1.165, 1.54) is 0 Å². The molecule has 4 nitrogen and oxygen atoms in total. The summed E-state index contributed by atoms with van der Waals surface area (Å²) in [4.78, 5) is 22.9. The van der Waals surface area contributed by atoms with Crippen molar-refractivity contribution in [1.82, 2.24) is 5.32 Å². The number of carbonyl (C=O) groups excluding carboxylic acids is 2. The van der Waals surface area contributed by atoms with E-state index >= 15 is 0 Å². The predicted octanol–water partition coefficient (Wildman–Crippen LogP) is 2.00. The van der Waals surface area contributed by atoms with Crippen LogP contribution in [-0.2, 0) is 20.7 Å². The summed E-state index contributed by atoms with van der Waals surface area (Å²) >= 11 is 0. The molecule has 1 unspecified atom stereocenters. The lowest BCUT2D eigenvalue weighted by Gasteiger charge is -2.09. The minimum atomic E-state index is -0.465. The molecule has 19 heavy (non-hydrogen) atoms. The van der Waals surface area contributed by atoms with Crippen LogP contribution in [0, 0.1) is 6.92 Å². The number of hydrogen-bond acceptors (Lipinski definition) is 3. The Hall–Kier alpha value is -1.84. The molecule has 2 rings (SSSR count). The van der Waals surface area contributed by atoms with E-state index in [2.05, 4.69) is 5.32 Å². The lowest BCUT2D eigenvalue weighted by Crippen LogP contribution is -2.38. The number of rotatable bonds is 3. The number of esters is 1. The Balaban J connectivity index is 0.000000861. The first-order valence-corrected chi connectivity index (χ1v) is 6.67. The molecule has 0 saturated carbocycles. The van der Waals surface area contributed by atoms with E-state index in [1.807, 2.05) is 45.0 Å². The first-order chi connectivity index (χ1) is 9.15. The Labute approximate surface area is 114 Å². The molecule has 1 amide bonds. The van der Waals surface area contributed by atoms with Crippen molar-refractivity contribution in [3.8, 4) is 0 Å². The zero-order valence-electron chi connectivity index (χ0n) is 11.7. The molecule has 0 aliphatic carbocycles. The lowest BCUT2D eigenvalue weighted by molar-refractivity contribution is -0.141. The third kappa shape index (κ3) is 4.73. The molecule has 1 aliphatic rings. The number of nitrogens with one attached hydrogen (secondary N) is 1. The van der Waals surface area contributed by atoms with E-state index in [9.17, 15) is 9.59 Å². The summed E-state index contributed by atoms with van der Waals surface area (Å²) in [7, 11) is 0. The van der Waals surface area contributed by atoms with Crippen molar-refractivity contribution in [2.75, 3.05) is 6.61 Å². The van der Waals surface area contributed by atoms with Crippen molar-refractivity contribution < 1.29 is 14.3 Å². The Kier molecular flexibility index (Phi) is 6.06. The maximum absolute atomic E-state index is 11.7. The van der Waals surface area contributed by atoms with E-state index in [0.717, 1.165) is 11.1 Å². The Morgan fingerprint density at radius 2 is 2.16 bits per heavy atom. The van der Waals surface area contributed by atoms with Crippen LogP contribution in [0.4, 0.5) is 0 Å². The second-order valence-corrected chi connectivity index (χ2v) is 4.24. The normalized spacial score (nSPS) is 17.2. The van der Waals surface area contributed by atoms with Gasteiger partial charge in [-0.2, -0.15) is 0 Å². The van der Waals surface area contributed by atoms with Crippen LogP contribution < -0.4 is 5.32 Å². The molecule has 1 saturated heterocycles. The molecule has 1 N–H and O–H groups in total. The molecule has 0 spiro atoms. The third-order valence-corrected chi connectivity index (χ3v) is 2.72. The molecule has 1 fully saturated rings. The van der Waals surface area contributed by atoms with Gasteiger partial charge in [-0.05, 0) is 12.5 Å². The average Bonchev–Trinajstić information content (AvgIpc) is 2.77. The van der Waals surface area contributed by atoms with Crippen molar-refractivity contribution in [3.63, 3.8) is 0 Å². The van der Waals surface area contributed by atoms with Crippen LogP contribution in [-0.4, -0.2) is 24.5 Å². The van der Waals surface area contributed by atoms with Gasteiger partial charge in [0.15, 0.2) is 0 Å². The number of hydrogen-bond donors (Lipinski definition) is 1. The second-order valence-electron chi connectivity index (χ2n) is 4.24. The molecular formula is C15H21NO3. The summed E-state index contributed by atoms with van der Waals surface area (Å²) in [6, 6.07) is 7.30. The monoisotopic (exact) mass is 263 g/mol. The van der Waals surface area contributed by atoms with Gasteiger partial charge in [0.2, 0.25) is 5.91 Å². The topological polar surface area (TPSA) is 55.4 Å². The zero-order chi connectivity index (χ0) is 14.3. The van der Waals surface area contributed by atoms with Crippen molar-refractivity contribution >= 4 is 11.9 Å². The number of ether oxygens (including phenoxy) is 1. The Morgan fingerprint density at radius 3 is 2.74 bits per heavy atom. The van der Waals surface area contributed by atoms with Crippen molar-refractivity contribution in [1.29, 1.82) is 0 Å².